The van der Waals surface area contributed by atoms with Gasteiger partial charge in [0.1, 0.15) is 5.75 Å². The second-order valence-corrected chi connectivity index (χ2v) is 4.01. The molecule has 0 atom stereocenters. The van der Waals surface area contributed by atoms with E-state index < -0.39 is 0 Å². The molecule has 0 aliphatic heterocycles. The van der Waals surface area contributed by atoms with Crippen molar-refractivity contribution in [1.29, 1.82) is 0 Å². The van der Waals surface area contributed by atoms with Crippen LogP contribution in [0.2, 0.25) is 0 Å². The lowest BCUT2D eigenvalue weighted by molar-refractivity contribution is 0.413. The molecule has 68 valence electrons. The van der Waals surface area contributed by atoms with Gasteiger partial charge in [-0.15, -0.1) is 12.6 Å². The first-order valence-electron chi connectivity index (χ1n) is 3.63. The molecule has 0 radical (unpaired) electrons. The first kappa shape index (κ1) is 12.1. The van der Waals surface area contributed by atoms with Crippen LogP contribution < -0.4 is 4.74 Å². The van der Waals surface area contributed by atoms with Crippen molar-refractivity contribution in [2.75, 3.05) is 11.5 Å². The summed E-state index contributed by atoms with van der Waals surface area (Å²) >= 11 is 6.42. The van der Waals surface area contributed by atoms with Gasteiger partial charge in [0.05, 0.1) is 7.11 Å². The third-order valence-electron chi connectivity index (χ3n) is 1.05. The molecule has 0 aliphatic carbocycles. The van der Waals surface area contributed by atoms with Crippen LogP contribution >= 0.6 is 35.2 Å². The highest BCUT2D eigenvalue weighted by molar-refractivity contribution is 14.1. The number of hydrogen-bond acceptors (Lipinski definition) is 2. The third-order valence-corrected chi connectivity index (χ3v) is 1.33. The average molecular weight is 296 g/mol. The number of benzene rings is 1. The van der Waals surface area contributed by atoms with E-state index in [0.717, 1.165) is 10.6 Å². The normalized spacial score (nSPS) is 8.33. The van der Waals surface area contributed by atoms with Crippen molar-refractivity contribution in [3.8, 4) is 5.75 Å². The highest BCUT2D eigenvalue weighted by atomic mass is 127. The van der Waals surface area contributed by atoms with Gasteiger partial charge >= 0.3 is 0 Å². The van der Waals surface area contributed by atoms with Crippen LogP contribution in [0, 0.1) is 0 Å². The van der Waals surface area contributed by atoms with Crippen molar-refractivity contribution < 1.29 is 4.74 Å². The molecule has 1 aromatic carbocycles. The molecule has 1 aromatic rings. The molecule has 0 unspecified atom stereocenters. The van der Waals surface area contributed by atoms with Gasteiger partial charge in [-0.2, -0.15) is 0 Å². The molecule has 0 aromatic heterocycles. The lowest BCUT2D eigenvalue weighted by Gasteiger charge is -1.97. The van der Waals surface area contributed by atoms with E-state index in [1.807, 2.05) is 24.3 Å². The number of rotatable bonds is 1. The minimum atomic E-state index is 0.850. The van der Waals surface area contributed by atoms with Crippen LogP contribution in [0.5, 0.6) is 5.75 Å². The Morgan fingerprint density at radius 1 is 1.50 bits per heavy atom. The molecular formula is C9H13IOS. The van der Waals surface area contributed by atoms with Crippen LogP contribution in [0.3, 0.4) is 0 Å². The van der Waals surface area contributed by atoms with Gasteiger partial charge in [-0.05, 0) is 22.6 Å². The molecular weight excluding hydrogens is 283 g/mol. The summed E-state index contributed by atoms with van der Waals surface area (Å²) < 4.78 is 6.17. The van der Waals surface area contributed by atoms with Gasteiger partial charge in [0.25, 0.3) is 0 Å². The highest BCUT2D eigenvalue weighted by Gasteiger charge is 1.87. The first-order chi connectivity index (χ1) is 5.74. The molecule has 0 bridgehead atoms. The van der Waals surface area contributed by atoms with Crippen LogP contribution in [0.1, 0.15) is 6.92 Å². The quantitative estimate of drug-likeness (QED) is 0.474. The van der Waals surface area contributed by atoms with Crippen LogP contribution in [0.15, 0.2) is 29.2 Å². The SMILES string of the molecule is CCI.COc1cccc(S)c1. The summed E-state index contributed by atoms with van der Waals surface area (Å²) in [4.78, 5) is 0.925. The van der Waals surface area contributed by atoms with Crippen LogP contribution in [0.25, 0.3) is 0 Å². The fourth-order valence-electron chi connectivity index (χ4n) is 0.610. The molecule has 0 saturated heterocycles. The summed E-state index contributed by atoms with van der Waals surface area (Å²) in [7, 11) is 1.64. The molecule has 0 N–H and O–H groups in total. The van der Waals surface area contributed by atoms with Crippen LogP contribution in [-0.2, 0) is 0 Å². The zero-order chi connectivity index (χ0) is 9.40. The van der Waals surface area contributed by atoms with Crippen LogP contribution in [-0.4, -0.2) is 11.5 Å². The number of methoxy groups -OCH3 is 1. The fraction of sp³-hybridized carbons (Fsp3) is 0.333. The maximum Gasteiger partial charge on any atom is 0.119 e. The van der Waals surface area contributed by atoms with E-state index in [0.29, 0.717) is 0 Å². The summed E-state index contributed by atoms with van der Waals surface area (Å²) in [5.74, 6) is 0.850. The topological polar surface area (TPSA) is 9.23 Å². The minimum absolute atomic E-state index is 0.850. The van der Waals surface area contributed by atoms with Gasteiger partial charge in [0.15, 0.2) is 0 Å². The van der Waals surface area contributed by atoms with Crippen molar-refractivity contribution in [1.82, 2.24) is 0 Å². The van der Waals surface area contributed by atoms with E-state index in [2.05, 4.69) is 42.1 Å². The lowest BCUT2D eigenvalue weighted by atomic mass is 10.3. The number of halogens is 1. The van der Waals surface area contributed by atoms with E-state index >= 15 is 0 Å². The van der Waals surface area contributed by atoms with Crippen molar-refractivity contribution in [2.45, 2.75) is 11.8 Å². The van der Waals surface area contributed by atoms with Gasteiger partial charge in [-0.1, -0.05) is 35.6 Å². The monoisotopic (exact) mass is 296 g/mol. The molecule has 0 saturated carbocycles. The Bertz CT molecular complexity index is 215. The van der Waals surface area contributed by atoms with E-state index in [1.54, 1.807) is 7.11 Å². The smallest absolute Gasteiger partial charge is 0.119 e. The zero-order valence-electron chi connectivity index (χ0n) is 7.25. The summed E-state index contributed by atoms with van der Waals surface area (Å²) in [5.41, 5.74) is 0. The van der Waals surface area contributed by atoms with Gasteiger partial charge in [-0.3, -0.25) is 0 Å². The highest BCUT2D eigenvalue weighted by Crippen LogP contribution is 2.14. The number of ether oxygens (including phenoxy) is 1. The van der Waals surface area contributed by atoms with Crippen molar-refractivity contribution in [3.05, 3.63) is 24.3 Å². The Labute approximate surface area is 93.1 Å². The van der Waals surface area contributed by atoms with Gasteiger partial charge in [-0.25, -0.2) is 0 Å². The molecule has 1 nitrogen and oxygen atoms in total. The first-order valence-corrected chi connectivity index (χ1v) is 5.60. The zero-order valence-corrected chi connectivity index (χ0v) is 10.3. The molecule has 3 heteroatoms. The largest absolute Gasteiger partial charge is 0.497 e. The summed E-state index contributed by atoms with van der Waals surface area (Å²) in [5, 5.41) is 0. The number of hydrogen-bond donors (Lipinski definition) is 1. The lowest BCUT2D eigenvalue weighted by Crippen LogP contribution is -1.80. The summed E-state index contributed by atoms with van der Waals surface area (Å²) in [6.07, 6.45) is 0. The summed E-state index contributed by atoms with van der Waals surface area (Å²) in [6, 6.07) is 7.57. The minimum Gasteiger partial charge on any atom is -0.497 e. The molecule has 12 heavy (non-hydrogen) atoms. The third kappa shape index (κ3) is 5.71. The number of thiol groups is 1. The second-order valence-electron chi connectivity index (χ2n) is 1.97. The average Bonchev–Trinajstić information content (AvgIpc) is 2.06. The Balaban J connectivity index is 0.000000354. The van der Waals surface area contributed by atoms with Gasteiger partial charge in [0.2, 0.25) is 0 Å². The molecule has 0 heterocycles. The molecule has 0 aliphatic rings. The van der Waals surface area contributed by atoms with Crippen molar-refractivity contribution >= 4 is 35.2 Å². The summed E-state index contributed by atoms with van der Waals surface area (Å²) in [6.45, 7) is 2.11. The maximum atomic E-state index is 4.95. The predicted octanol–water partition coefficient (Wildman–Crippen LogP) is 3.43. The Morgan fingerprint density at radius 2 is 2.08 bits per heavy atom. The molecule has 1 rings (SSSR count). The molecule has 0 amide bonds. The molecule has 0 fully saturated rings. The maximum absolute atomic E-state index is 4.95. The van der Waals surface area contributed by atoms with Gasteiger partial charge < -0.3 is 4.74 Å². The predicted molar refractivity (Wildman–Crippen MR) is 64.8 cm³/mol. The van der Waals surface area contributed by atoms with E-state index in [-0.39, 0.29) is 0 Å². The standard InChI is InChI=1S/C7H8OS.C2H5I/c1-8-6-3-2-4-7(9)5-6;1-2-3/h2-5,9H,1H3;2H2,1H3. The van der Waals surface area contributed by atoms with Crippen molar-refractivity contribution in [2.24, 2.45) is 0 Å². The Morgan fingerprint density at radius 3 is 2.42 bits per heavy atom. The molecule has 0 spiro atoms. The van der Waals surface area contributed by atoms with Crippen LogP contribution in [0.4, 0.5) is 0 Å². The Kier molecular flexibility index (Phi) is 7.80. The van der Waals surface area contributed by atoms with E-state index in [4.69, 9.17) is 4.74 Å². The van der Waals surface area contributed by atoms with Crippen molar-refractivity contribution in [3.63, 3.8) is 0 Å². The number of alkyl halides is 1. The van der Waals surface area contributed by atoms with E-state index in [9.17, 15) is 0 Å². The fourth-order valence-corrected chi connectivity index (χ4v) is 0.824. The Hall–Kier alpha value is 0.100. The second kappa shape index (κ2) is 7.73. The van der Waals surface area contributed by atoms with Gasteiger partial charge in [0, 0.05) is 4.90 Å². The van der Waals surface area contributed by atoms with E-state index in [1.165, 1.54) is 4.43 Å².